The standard InChI is InChI=1S/C31H39N7O2/c1-20(2)18-26(37(3)4)31(39)35-22-12-14-23(15-13-22)38-30-27(29(32)33-19-34-30)28(36-38)21-10-16-25(17-11-21)40-24-8-6-5-7-9-24/h5-11,16-17,19-20,22-23,26H,12-15,18H2,1-4H3,(H,35,39)(H2,32,33,34)/t22-,23-,26?. The van der Waals surface area contributed by atoms with E-state index in [2.05, 4.69) is 29.1 Å². The molecule has 3 N–H and O–H groups in total. The van der Waals surface area contributed by atoms with Crippen molar-refractivity contribution in [1.82, 2.24) is 30.0 Å². The van der Waals surface area contributed by atoms with Crippen LogP contribution in [0.5, 0.6) is 11.5 Å². The van der Waals surface area contributed by atoms with E-state index in [-0.39, 0.29) is 24.0 Å². The number of likely N-dealkylation sites (N-methyl/N-ethyl adjacent to an activating group) is 1. The second-order valence-electron chi connectivity index (χ2n) is 11.3. The van der Waals surface area contributed by atoms with Gasteiger partial charge in [0.2, 0.25) is 5.91 Å². The van der Waals surface area contributed by atoms with Crippen molar-refractivity contribution < 1.29 is 9.53 Å². The second-order valence-corrected chi connectivity index (χ2v) is 11.3. The van der Waals surface area contributed by atoms with E-state index in [0.717, 1.165) is 65.9 Å². The Morgan fingerprint density at radius 3 is 2.35 bits per heavy atom. The average molecular weight is 542 g/mol. The molecule has 4 aromatic rings. The predicted octanol–water partition coefficient (Wildman–Crippen LogP) is 5.44. The van der Waals surface area contributed by atoms with Crippen molar-refractivity contribution in [3.63, 3.8) is 0 Å². The van der Waals surface area contributed by atoms with Crippen LogP contribution in [0.2, 0.25) is 0 Å². The maximum Gasteiger partial charge on any atom is 0.237 e. The van der Waals surface area contributed by atoms with E-state index in [0.29, 0.717) is 11.7 Å². The molecule has 40 heavy (non-hydrogen) atoms. The number of ether oxygens (including phenoxy) is 1. The summed E-state index contributed by atoms with van der Waals surface area (Å²) in [6.45, 7) is 4.31. The lowest BCUT2D eigenvalue weighted by Crippen LogP contribution is -2.48. The van der Waals surface area contributed by atoms with Crippen LogP contribution >= 0.6 is 0 Å². The first-order valence-corrected chi connectivity index (χ1v) is 14.1. The number of nitrogen functional groups attached to an aromatic ring is 1. The number of benzene rings is 2. The summed E-state index contributed by atoms with van der Waals surface area (Å²) in [4.78, 5) is 23.9. The van der Waals surface area contributed by atoms with Gasteiger partial charge in [-0.3, -0.25) is 9.69 Å². The first-order chi connectivity index (χ1) is 19.3. The SMILES string of the molecule is CC(C)CC(C(=O)N[C@H]1CC[C@H](n2nc(-c3ccc(Oc4ccccc4)cc3)c3c(N)ncnc32)CC1)N(C)C. The summed E-state index contributed by atoms with van der Waals surface area (Å²) in [5.41, 5.74) is 8.78. The summed E-state index contributed by atoms with van der Waals surface area (Å²) in [5, 5.41) is 9.10. The zero-order valence-electron chi connectivity index (χ0n) is 23.7. The zero-order chi connectivity index (χ0) is 28.2. The Kier molecular flexibility index (Phi) is 8.30. The molecule has 1 atom stereocenters. The summed E-state index contributed by atoms with van der Waals surface area (Å²) in [7, 11) is 3.95. The molecule has 0 saturated heterocycles. The minimum Gasteiger partial charge on any atom is -0.457 e. The van der Waals surface area contributed by atoms with Crippen LogP contribution in [0.4, 0.5) is 5.82 Å². The van der Waals surface area contributed by atoms with E-state index in [1.54, 1.807) is 0 Å². The normalized spacial score (nSPS) is 18.2. The van der Waals surface area contributed by atoms with Gasteiger partial charge in [0.1, 0.15) is 29.3 Å². The molecule has 1 aliphatic carbocycles. The smallest absolute Gasteiger partial charge is 0.237 e. The molecule has 2 aromatic carbocycles. The number of carbonyl (C=O) groups excluding carboxylic acids is 1. The predicted molar refractivity (Wildman–Crippen MR) is 158 cm³/mol. The van der Waals surface area contributed by atoms with Crippen LogP contribution in [-0.2, 0) is 4.79 Å². The van der Waals surface area contributed by atoms with Gasteiger partial charge in [-0.05, 0) is 88.5 Å². The van der Waals surface area contributed by atoms with Crippen molar-refractivity contribution >= 4 is 22.8 Å². The first kappa shape index (κ1) is 27.6. The van der Waals surface area contributed by atoms with Crippen LogP contribution in [0.15, 0.2) is 60.9 Å². The molecule has 2 heterocycles. The van der Waals surface area contributed by atoms with E-state index < -0.39 is 0 Å². The second kappa shape index (κ2) is 12.0. The minimum atomic E-state index is -0.112. The number of rotatable bonds is 9. The van der Waals surface area contributed by atoms with Gasteiger partial charge in [-0.15, -0.1) is 0 Å². The van der Waals surface area contributed by atoms with Gasteiger partial charge in [-0.25, -0.2) is 14.6 Å². The maximum atomic E-state index is 13.0. The first-order valence-electron chi connectivity index (χ1n) is 14.1. The van der Waals surface area contributed by atoms with Crippen molar-refractivity contribution in [1.29, 1.82) is 0 Å². The van der Waals surface area contributed by atoms with Gasteiger partial charge in [0.25, 0.3) is 0 Å². The highest BCUT2D eigenvalue weighted by Crippen LogP contribution is 2.36. The number of para-hydroxylation sites is 1. The summed E-state index contributed by atoms with van der Waals surface area (Å²) in [5.74, 6) is 2.52. The Labute approximate surface area is 235 Å². The summed E-state index contributed by atoms with van der Waals surface area (Å²) in [6.07, 6.45) is 5.91. The highest BCUT2D eigenvalue weighted by molar-refractivity contribution is 5.98. The van der Waals surface area contributed by atoms with Gasteiger partial charge in [0.05, 0.1) is 17.5 Å². The van der Waals surface area contributed by atoms with Crippen molar-refractivity contribution in [2.24, 2.45) is 5.92 Å². The number of nitrogens with two attached hydrogens (primary N) is 1. The number of fused-ring (bicyclic) bond motifs is 1. The molecular weight excluding hydrogens is 502 g/mol. The molecule has 1 amide bonds. The van der Waals surface area contributed by atoms with Gasteiger partial charge in [-0.1, -0.05) is 32.0 Å². The quantitative estimate of drug-likeness (QED) is 0.290. The molecule has 9 nitrogen and oxygen atoms in total. The van der Waals surface area contributed by atoms with E-state index in [9.17, 15) is 4.79 Å². The largest absolute Gasteiger partial charge is 0.457 e. The van der Waals surface area contributed by atoms with Gasteiger partial charge in [0.15, 0.2) is 5.65 Å². The number of hydrogen-bond acceptors (Lipinski definition) is 7. The van der Waals surface area contributed by atoms with Crippen molar-refractivity contribution in [3.8, 4) is 22.8 Å². The molecule has 1 fully saturated rings. The van der Waals surface area contributed by atoms with Crippen LogP contribution in [0.25, 0.3) is 22.3 Å². The highest BCUT2D eigenvalue weighted by atomic mass is 16.5. The molecule has 0 bridgehead atoms. The molecule has 1 saturated carbocycles. The maximum absolute atomic E-state index is 13.0. The minimum absolute atomic E-state index is 0.112. The monoisotopic (exact) mass is 541 g/mol. The number of anilines is 1. The number of aromatic nitrogens is 4. The Morgan fingerprint density at radius 1 is 1.02 bits per heavy atom. The van der Waals surface area contributed by atoms with Gasteiger partial charge >= 0.3 is 0 Å². The van der Waals surface area contributed by atoms with Crippen LogP contribution < -0.4 is 15.8 Å². The lowest BCUT2D eigenvalue weighted by Gasteiger charge is -2.32. The molecular formula is C31H39N7O2. The number of nitrogens with zero attached hydrogens (tertiary/aromatic N) is 5. The van der Waals surface area contributed by atoms with E-state index in [4.69, 9.17) is 15.6 Å². The highest BCUT2D eigenvalue weighted by Gasteiger charge is 2.30. The van der Waals surface area contributed by atoms with Crippen LogP contribution in [-0.4, -0.2) is 56.7 Å². The Morgan fingerprint density at radius 2 is 1.70 bits per heavy atom. The average Bonchev–Trinajstić information content (AvgIpc) is 3.34. The molecule has 9 heteroatoms. The van der Waals surface area contributed by atoms with E-state index in [1.165, 1.54) is 6.33 Å². The van der Waals surface area contributed by atoms with Crippen molar-refractivity contribution in [2.45, 2.75) is 64.1 Å². The molecule has 210 valence electrons. The fraction of sp³-hybridized carbons (Fsp3) is 0.419. The number of hydrogen-bond donors (Lipinski definition) is 2. The molecule has 0 aliphatic heterocycles. The number of amides is 1. The molecule has 1 aliphatic rings. The van der Waals surface area contributed by atoms with Crippen LogP contribution in [0, 0.1) is 5.92 Å². The van der Waals surface area contributed by atoms with Crippen molar-refractivity contribution in [3.05, 3.63) is 60.9 Å². The summed E-state index contributed by atoms with van der Waals surface area (Å²) in [6, 6.07) is 17.8. The van der Waals surface area contributed by atoms with Crippen LogP contribution in [0.3, 0.4) is 0 Å². The third-order valence-corrected chi connectivity index (χ3v) is 7.63. The van der Waals surface area contributed by atoms with Crippen molar-refractivity contribution in [2.75, 3.05) is 19.8 Å². The lowest BCUT2D eigenvalue weighted by molar-refractivity contribution is -0.127. The lowest BCUT2D eigenvalue weighted by atomic mass is 9.90. The molecule has 1 unspecified atom stereocenters. The molecule has 2 aromatic heterocycles. The number of nitrogens with one attached hydrogen (secondary N) is 1. The van der Waals surface area contributed by atoms with Crippen LogP contribution in [0.1, 0.15) is 52.0 Å². The summed E-state index contributed by atoms with van der Waals surface area (Å²) >= 11 is 0. The molecule has 0 radical (unpaired) electrons. The fourth-order valence-corrected chi connectivity index (χ4v) is 5.52. The van der Waals surface area contributed by atoms with Gasteiger partial charge in [-0.2, -0.15) is 5.10 Å². The summed E-state index contributed by atoms with van der Waals surface area (Å²) < 4.78 is 7.97. The third kappa shape index (κ3) is 6.09. The Bertz CT molecular complexity index is 1430. The topological polar surface area (TPSA) is 111 Å². The van der Waals surface area contributed by atoms with E-state index >= 15 is 0 Å². The Hall–Kier alpha value is -3.98. The third-order valence-electron chi connectivity index (χ3n) is 7.63. The fourth-order valence-electron chi connectivity index (χ4n) is 5.52. The van der Waals surface area contributed by atoms with E-state index in [1.807, 2.05) is 78.3 Å². The zero-order valence-corrected chi connectivity index (χ0v) is 23.7. The van der Waals surface area contributed by atoms with Gasteiger partial charge < -0.3 is 15.8 Å². The molecule has 0 spiro atoms. The van der Waals surface area contributed by atoms with Gasteiger partial charge in [0, 0.05) is 11.6 Å². The molecule has 5 rings (SSSR count). The number of carbonyl (C=O) groups is 1. The Balaban J connectivity index is 1.32.